The van der Waals surface area contributed by atoms with Crippen molar-refractivity contribution in [1.29, 1.82) is 10.5 Å². The third kappa shape index (κ3) is 13.6. The number of ketones is 4. The summed E-state index contributed by atoms with van der Waals surface area (Å²) in [6.07, 6.45) is 1.67. The van der Waals surface area contributed by atoms with Gasteiger partial charge in [0.1, 0.15) is 0 Å². The Kier molecular flexibility index (Phi) is 17.1. The molecule has 0 unspecified atom stereocenters. The predicted molar refractivity (Wildman–Crippen MR) is 87.1 cm³/mol. The molecule has 1 radical (unpaired) electrons. The maximum absolute atomic E-state index is 9.04. The van der Waals surface area contributed by atoms with Crippen molar-refractivity contribution in [1.82, 2.24) is 0 Å². The standard InChI is InChI=1S/2C8H11NO2.Cu/c2*1-6(10)8(7(2)11)4-3-5-9;/h2*8H,3-4H2,1-2H3;/p+4. The van der Waals surface area contributed by atoms with E-state index in [0.29, 0.717) is 25.7 Å². The SMILES string of the molecule is CC(=[OH+])C(CCC#N)C(C)=[OH+].CC(=[OH+])C(CCC#N)C(C)=[OH+].[Cu]. The first-order valence-electron chi connectivity index (χ1n) is 7.02. The van der Waals surface area contributed by atoms with Crippen molar-refractivity contribution in [2.45, 2.75) is 53.4 Å². The second-order valence-corrected chi connectivity index (χ2v) is 5.06. The second kappa shape index (κ2) is 15.1. The molecule has 0 atom stereocenters. The number of carbonyl (C=O) groups excluding carboxylic acids is 4. The van der Waals surface area contributed by atoms with E-state index >= 15 is 0 Å². The zero-order chi connectivity index (χ0) is 17.7. The van der Waals surface area contributed by atoms with Gasteiger partial charge in [0.05, 0.1) is 12.1 Å². The van der Waals surface area contributed by atoms with Gasteiger partial charge in [-0.1, -0.05) is 0 Å². The van der Waals surface area contributed by atoms with Gasteiger partial charge in [0.2, 0.25) is 0 Å². The molecule has 0 aliphatic heterocycles. The van der Waals surface area contributed by atoms with Crippen LogP contribution in [0.15, 0.2) is 0 Å². The minimum Gasteiger partial charge on any atom is -0.283 e. The van der Waals surface area contributed by atoms with Crippen LogP contribution in [0.4, 0.5) is 0 Å². The van der Waals surface area contributed by atoms with Crippen molar-refractivity contribution >= 4 is 23.1 Å². The summed E-state index contributed by atoms with van der Waals surface area (Å²) in [5.41, 5.74) is 0. The summed E-state index contributed by atoms with van der Waals surface area (Å²) < 4.78 is 0. The van der Waals surface area contributed by atoms with Crippen LogP contribution in [0.25, 0.3) is 0 Å². The molecule has 0 heterocycles. The van der Waals surface area contributed by atoms with E-state index in [1.165, 1.54) is 27.7 Å². The van der Waals surface area contributed by atoms with Gasteiger partial charge < -0.3 is 0 Å². The molecule has 0 aromatic carbocycles. The Morgan fingerprint density at radius 2 is 0.913 bits per heavy atom. The number of hydrogen-bond donors (Lipinski definition) is 0. The third-order valence-corrected chi connectivity index (χ3v) is 3.11. The van der Waals surface area contributed by atoms with Gasteiger partial charge in [-0.05, 0) is 12.8 Å². The van der Waals surface area contributed by atoms with Crippen LogP contribution in [0.5, 0.6) is 0 Å². The van der Waals surface area contributed by atoms with Crippen LogP contribution in [-0.4, -0.2) is 42.3 Å². The van der Waals surface area contributed by atoms with E-state index in [1.807, 2.05) is 12.1 Å². The minimum atomic E-state index is -0.338. The molecular formula is C16H26CuN2O4+4. The van der Waals surface area contributed by atoms with E-state index in [-0.39, 0.29) is 52.0 Å². The maximum atomic E-state index is 9.04. The Morgan fingerprint density at radius 3 is 1.04 bits per heavy atom. The predicted octanol–water partition coefficient (Wildman–Crippen LogP) is 2.07. The van der Waals surface area contributed by atoms with Crippen LogP contribution in [-0.2, 0) is 17.1 Å². The molecule has 4 N–H and O–H groups in total. The quantitative estimate of drug-likeness (QED) is 0.366. The van der Waals surface area contributed by atoms with Crippen molar-refractivity contribution < 1.29 is 36.2 Å². The fraction of sp³-hybridized carbons (Fsp3) is 0.625. The normalized spacial score (nSPS) is 11.2. The van der Waals surface area contributed by atoms with Crippen LogP contribution in [0.1, 0.15) is 53.4 Å². The van der Waals surface area contributed by atoms with Gasteiger partial charge in [0.25, 0.3) is 0 Å². The van der Waals surface area contributed by atoms with Crippen LogP contribution in [0.2, 0.25) is 0 Å². The Bertz CT molecular complexity index is 429. The molecule has 131 valence electrons. The molecule has 0 aliphatic rings. The zero-order valence-corrected chi connectivity index (χ0v) is 14.9. The van der Waals surface area contributed by atoms with Crippen LogP contribution in [0.3, 0.4) is 0 Å². The van der Waals surface area contributed by atoms with Crippen molar-refractivity contribution in [2.75, 3.05) is 0 Å². The first-order chi connectivity index (χ1) is 10.2. The fourth-order valence-corrected chi connectivity index (χ4v) is 1.86. The van der Waals surface area contributed by atoms with Crippen LogP contribution >= 0.6 is 0 Å². The van der Waals surface area contributed by atoms with E-state index in [0.717, 1.165) is 0 Å². The summed E-state index contributed by atoms with van der Waals surface area (Å²) in [5.74, 6) is -0.00898. The number of hydrogen-bond acceptors (Lipinski definition) is 2. The average molecular weight is 374 g/mol. The molecule has 0 rings (SSSR count). The van der Waals surface area contributed by atoms with Crippen molar-refractivity contribution in [3.8, 4) is 12.1 Å². The number of nitriles is 2. The monoisotopic (exact) mass is 373 g/mol. The Hall–Kier alpha value is -1.82. The van der Waals surface area contributed by atoms with E-state index in [2.05, 4.69) is 0 Å². The Balaban J connectivity index is -0.000000333. The van der Waals surface area contributed by atoms with Gasteiger partial charge in [-0.3, -0.25) is 19.2 Å². The van der Waals surface area contributed by atoms with Gasteiger partial charge in [-0.25, -0.2) is 0 Å². The number of rotatable bonds is 8. The first kappa shape index (κ1) is 26.1. The molecule has 0 spiro atoms. The average Bonchev–Trinajstić information content (AvgIpc) is 2.38. The van der Waals surface area contributed by atoms with E-state index in [4.69, 9.17) is 29.7 Å². The topological polar surface area (TPSA) is 133 Å². The van der Waals surface area contributed by atoms with Gasteiger partial charge >= 0.3 is 23.1 Å². The molecule has 23 heavy (non-hydrogen) atoms. The Labute approximate surface area is 147 Å². The summed E-state index contributed by atoms with van der Waals surface area (Å²) in [6.45, 7) is 6.12. The maximum Gasteiger partial charge on any atom is 0.306 e. The minimum absolute atomic E-state index is 0. The molecule has 0 aliphatic carbocycles. The van der Waals surface area contributed by atoms with E-state index in [1.54, 1.807) is 0 Å². The van der Waals surface area contributed by atoms with Crippen LogP contribution in [0, 0.1) is 34.5 Å². The van der Waals surface area contributed by atoms with Crippen molar-refractivity contribution in [3.05, 3.63) is 0 Å². The Morgan fingerprint density at radius 1 is 0.696 bits per heavy atom. The van der Waals surface area contributed by atoms with Gasteiger partial charge in [0.15, 0.2) is 11.8 Å². The molecule has 0 fully saturated rings. The number of nitrogens with zero attached hydrogens (tertiary/aromatic N) is 2. The summed E-state index contributed by atoms with van der Waals surface area (Å²) >= 11 is 0. The first-order valence-corrected chi connectivity index (χ1v) is 7.02. The van der Waals surface area contributed by atoms with E-state index in [9.17, 15) is 0 Å². The fourth-order valence-electron chi connectivity index (χ4n) is 1.86. The van der Waals surface area contributed by atoms with Gasteiger partial charge in [-0.15, -0.1) is 0 Å². The molecule has 0 saturated carbocycles. The van der Waals surface area contributed by atoms with Gasteiger partial charge in [0, 0.05) is 57.6 Å². The summed E-state index contributed by atoms with van der Waals surface area (Å²) in [6, 6.07) is 3.92. The zero-order valence-electron chi connectivity index (χ0n) is 14.0. The summed E-state index contributed by atoms with van der Waals surface area (Å²) in [4.78, 5) is 36.1. The van der Waals surface area contributed by atoms with Crippen molar-refractivity contribution in [2.24, 2.45) is 11.8 Å². The summed E-state index contributed by atoms with van der Waals surface area (Å²) in [5, 5.41) is 16.5. The smallest absolute Gasteiger partial charge is 0.283 e. The largest absolute Gasteiger partial charge is 0.306 e. The molecule has 7 heteroatoms. The molecule has 0 bridgehead atoms. The third-order valence-electron chi connectivity index (χ3n) is 3.11. The molecular weight excluding hydrogens is 348 g/mol. The molecule has 0 saturated heterocycles. The van der Waals surface area contributed by atoms with Crippen molar-refractivity contribution in [3.63, 3.8) is 0 Å². The summed E-state index contributed by atoms with van der Waals surface area (Å²) in [7, 11) is 0. The van der Waals surface area contributed by atoms with Gasteiger partial charge in [-0.2, -0.15) is 10.5 Å². The molecule has 0 aromatic rings. The molecule has 6 nitrogen and oxygen atoms in total. The second-order valence-electron chi connectivity index (χ2n) is 5.06. The molecule has 0 aromatic heterocycles. The van der Waals surface area contributed by atoms with E-state index < -0.39 is 0 Å². The van der Waals surface area contributed by atoms with Crippen LogP contribution < -0.4 is 0 Å². The molecule has 0 amide bonds.